The molecule has 0 aliphatic rings. The smallest absolute Gasteiger partial charge is 0.0541 e. The maximum atomic E-state index is 2.32. The van der Waals surface area contributed by atoms with Crippen LogP contribution in [-0.2, 0) is 0 Å². The maximum absolute atomic E-state index is 2.32. The normalized spacial score (nSPS) is 9.02. The van der Waals surface area contributed by atoms with Gasteiger partial charge in [-0.05, 0) is 48.5 Å². The molecule has 2 nitrogen and oxygen atoms in total. The molecular formula is C51H70N2. The number of rotatable bonds is 2. The topological polar surface area (TPSA) is 9.86 Å². The molecular weight excluding hydrogens is 641 g/mol. The summed E-state index contributed by atoms with van der Waals surface area (Å²) in [5, 5.41) is 5.23. The third-order valence-corrected chi connectivity index (χ3v) is 7.19. The van der Waals surface area contributed by atoms with E-state index < -0.39 is 0 Å². The van der Waals surface area contributed by atoms with E-state index in [2.05, 4.69) is 181 Å². The molecule has 0 fully saturated rings. The zero-order valence-corrected chi connectivity index (χ0v) is 35.6. The Balaban J connectivity index is 0.000000755. The summed E-state index contributed by atoms with van der Waals surface area (Å²) in [6.07, 6.45) is 1.25. The van der Waals surface area contributed by atoms with E-state index in [4.69, 9.17) is 0 Å². The second-order valence-corrected chi connectivity index (χ2v) is 10.1. The van der Waals surface area contributed by atoms with E-state index in [1.165, 1.54) is 61.4 Å². The molecule has 284 valence electrons. The number of fused-ring (bicyclic) bond motifs is 6. The third kappa shape index (κ3) is 12.5. The Morgan fingerprint density at radius 2 is 0.434 bits per heavy atom. The van der Waals surface area contributed by atoms with E-state index in [0.717, 1.165) is 0 Å². The number of hydrogen-bond acceptors (Lipinski definition) is 0. The van der Waals surface area contributed by atoms with Crippen molar-refractivity contribution in [2.24, 2.45) is 0 Å². The molecule has 2 aromatic heterocycles. The molecule has 53 heavy (non-hydrogen) atoms. The van der Waals surface area contributed by atoms with Crippen LogP contribution in [0.5, 0.6) is 0 Å². The Labute approximate surface area is 324 Å². The highest BCUT2D eigenvalue weighted by atomic mass is 15.0. The van der Waals surface area contributed by atoms with Gasteiger partial charge >= 0.3 is 0 Å². The Morgan fingerprint density at radius 1 is 0.264 bits per heavy atom. The molecule has 0 spiro atoms. The van der Waals surface area contributed by atoms with E-state index >= 15 is 0 Å². The summed E-state index contributed by atoms with van der Waals surface area (Å²) in [6.45, 7) is 28.2. The zero-order chi connectivity index (χ0) is 40.0. The fraction of sp³-hybridized carbons (Fsp3) is 0.294. The summed E-state index contributed by atoms with van der Waals surface area (Å²) in [6, 6.07) is 55.3. The molecule has 0 saturated heterocycles. The largest absolute Gasteiger partial charge is 0.309 e. The van der Waals surface area contributed by atoms with Crippen LogP contribution in [0.2, 0.25) is 0 Å². The highest BCUT2D eigenvalue weighted by Gasteiger charge is 2.11. The Bertz CT molecular complexity index is 1770. The van der Waals surface area contributed by atoms with Crippen LogP contribution in [0.4, 0.5) is 0 Å². The van der Waals surface area contributed by atoms with Crippen LogP contribution in [0, 0.1) is 0 Å². The lowest BCUT2D eigenvalue weighted by atomic mass is 10.2. The van der Waals surface area contributed by atoms with Crippen LogP contribution in [0.1, 0.15) is 103 Å². The van der Waals surface area contributed by atoms with Crippen LogP contribution in [0.15, 0.2) is 158 Å². The number of para-hydroxylation sites is 6. The van der Waals surface area contributed by atoms with Crippen molar-refractivity contribution in [2.75, 3.05) is 0 Å². The standard InChI is InChI=1S/2C18H13N.C3H8.6C2H6/c2*1-2-8-14(9-3-1)19-17-12-6-4-10-15(17)16-11-5-7-13-18(16)19;1-3-2;6*1-2/h2*1-13H;3H2,1-2H3;6*1-2H3. The van der Waals surface area contributed by atoms with Crippen molar-refractivity contribution in [3.05, 3.63) is 158 Å². The second-order valence-electron chi connectivity index (χ2n) is 10.1. The van der Waals surface area contributed by atoms with Gasteiger partial charge in [-0.25, -0.2) is 0 Å². The van der Waals surface area contributed by atoms with Crippen molar-refractivity contribution in [1.29, 1.82) is 0 Å². The van der Waals surface area contributed by atoms with E-state index in [-0.39, 0.29) is 0 Å². The molecule has 0 amide bonds. The van der Waals surface area contributed by atoms with E-state index in [9.17, 15) is 0 Å². The predicted molar refractivity (Wildman–Crippen MR) is 246 cm³/mol. The monoisotopic (exact) mass is 711 g/mol. The quantitative estimate of drug-likeness (QED) is 0.169. The molecule has 2 heterocycles. The van der Waals surface area contributed by atoms with Crippen molar-refractivity contribution in [1.82, 2.24) is 9.13 Å². The van der Waals surface area contributed by atoms with Crippen molar-refractivity contribution in [2.45, 2.75) is 103 Å². The van der Waals surface area contributed by atoms with Gasteiger partial charge in [-0.1, -0.05) is 213 Å². The molecule has 0 radical (unpaired) electrons. The molecule has 2 heteroatoms. The molecule has 0 atom stereocenters. The van der Waals surface area contributed by atoms with Crippen molar-refractivity contribution in [3.8, 4) is 11.4 Å². The van der Waals surface area contributed by atoms with Crippen molar-refractivity contribution < 1.29 is 0 Å². The lowest BCUT2D eigenvalue weighted by Gasteiger charge is -2.06. The van der Waals surface area contributed by atoms with Crippen molar-refractivity contribution in [3.63, 3.8) is 0 Å². The molecule has 0 aliphatic heterocycles. The predicted octanol–water partition coefficient (Wildman–Crippen LogP) is 17.1. The lowest BCUT2D eigenvalue weighted by molar-refractivity contribution is 1.09. The van der Waals surface area contributed by atoms with Gasteiger partial charge in [0.25, 0.3) is 0 Å². The number of benzene rings is 6. The van der Waals surface area contributed by atoms with Gasteiger partial charge in [-0.2, -0.15) is 0 Å². The summed E-state index contributed by atoms with van der Waals surface area (Å²) in [5.74, 6) is 0. The van der Waals surface area contributed by atoms with Crippen molar-refractivity contribution >= 4 is 43.6 Å². The van der Waals surface area contributed by atoms with Gasteiger partial charge in [0.2, 0.25) is 0 Å². The number of aromatic nitrogens is 2. The fourth-order valence-corrected chi connectivity index (χ4v) is 5.56. The van der Waals surface area contributed by atoms with Crippen LogP contribution in [-0.4, -0.2) is 9.13 Å². The minimum Gasteiger partial charge on any atom is -0.309 e. The second kappa shape index (κ2) is 29.5. The van der Waals surface area contributed by atoms with Gasteiger partial charge in [-0.15, -0.1) is 0 Å². The Hall–Kier alpha value is -5.08. The van der Waals surface area contributed by atoms with Crippen LogP contribution in [0.3, 0.4) is 0 Å². The maximum Gasteiger partial charge on any atom is 0.0541 e. The molecule has 8 rings (SSSR count). The first-order chi connectivity index (χ1) is 26.3. The zero-order valence-electron chi connectivity index (χ0n) is 35.6. The first-order valence-corrected chi connectivity index (χ1v) is 20.4. The van der Waals surface area contributed by atoms with Gasteiger partial charge in [0, 0.05) is 32.9 Å². The molecule has 0 saturated carbocycles. The van der Waals surface area contributed by atoms with Gasteiger partial charge in [0.05, 0.1) is 22.1 Å². The van der Waals surface area contributed by atoms with Gasteiger partial charge in [0.15, 0.2) is 0 Å². The minimum atomic E-state index is 1.21. The van der Waals surface area contributed by atoms with E-state index in [1.54, 1.807) is 0 Å². The van der Waals surface area contributed by atoms with E-state index in [1.807, 2.05) is 83.1 Å². The minimum absolute atomic E-state index is 1.21. The first-order valence-electron chi connectivity index (χ1n) is 20.4. The lowest BCUT2D eigenvalue weighted by Crippen LogP contribution is -1.92. The van der Waals surface area contributed by atoms with Crippen LogP contribution >= 0.6 is 0 Å². The average molecular weight is 711 g/mol. The SMILES string of the molecule is CC.CC.CC.CC.CC.CC.CCC.c1ccc(-n2c3ccccc3c3ccccc32)cc1.c1ccc(-n2c3ccccc3c3ccccc32)cc1. The van der Waals surface area contributed by atoms with Gasteiger partial charge in [-0.3, -0.25) is 0 Å². The third-order valence-electron chi connectivity index (χ3n) is 7.19. The summed E-state index contributed by atoms with van der Waals surface area (Å²) >= 11 is 0. The molecule has 0 aliphatic carbocycles. The van der Waals surface area contributed by atoms with Gasteiger partial charge < -0.3 is 9.13 Å². The summed E-state index contributed by atoms with van der Waals surface area (Å²) in [4.78, 5) is 0. The van der Waals surface area contributed by atoms with Crippen LogP contribution in [0.25, 0.3) is 55.0 Å². The summed E-state index contributed by atoms with van der Waals surface area (Å²) in [5.41, 5.74) is 7.45. The van der Waals surface area contributed by atoms with Crippen LogP contribution < -0.4 is 0 Å². The summed E-state index contributed by atoms with van der Waals surface area (Å²) < 4.78 is 4.65. The molecule has 0 unspecified atom stereocenters. The molecule has 0 N–H and O–H groups in total. The average Bonchev–Trinajstić information content (AvgIpc) is 3.80. The molecule has 6 aromatic carbocycles. The number of hydrogen-bond donors (Lipinski definition) is 0. The molecule has 8 aromatic rings. The number of nitrogens with zero attached hydrogens (tertiary/aromatic N) is 2. The Morgan fingerprint density at radius 3 is 0.642 bits per heavy atom. The summed E-state index contributed by atoms with van der Waals surface area (Å²) in [7, 11) is 0. The molecule has 0 bridgehead atoms. The first kappa shape index (κ1) is 47.9. The highest BCUT2D eigenvalue weighted by molar-refractivity contribution is 6.10. The Kier molecular flexibility index (Phi) is 26.7. The van der Waals surface area contributed by atoms with E-state index in [0.29, 0.717) is 0 Å². The van der Waals surface area contributed by atoms with Gasteiger partial charge in [0.1, 0.15) is 0 Å². The highest BCUT2D eigenvalue weighted by Crippen LogP contribution is 2.32. The fourth-order valence-electron chi connectivity index (χ4n) is 5.56.